The number of nitrogens with zero attached hydrogens (tertiary/aromatic N) is 1. The van der Waals surface area contributed by atoms with Crippen LogP contribution >= 0.6 is 0 Å². The number of nitro groups is 1. The van der Waals surface area contributed by atoms with Crippen molar-refractivity contribution in [3.8, 4) is 0 Å². The molecule has 150 valence electrons. The van der Waals surface area contributed by atoms with Gasteiger partial charge in [0.25, 0.3) is 5.69 Å². The van der Waals surface area contributed by atoms with Gasteiger partial charge in [0.1, 0.15) is 0 Å². The van der Waals surface area contributed by atoms with Gasteiger partial charge < -0.3 is 4.74 Å². The summed E-state index contributed by atoms with van der Waals surface area (Å²) in [4.78, 5) is 9.59. The summed E-state index contributed by atoms with van der Waals surface area (Å²) in [6, 6.07) is 7.93. The predicted octanol–water partition coefficient (Wildman–Crippen LogP) is 7.32. The Morgan fingerprint density at radius 1 is 0.731 bits per heavy atom. The molecule has 1 aromatic rings. The number of benzene rings is 1. The Bertz CT molecular complexity index is 395. The van der Waals surface area contributed by atoms with Crippen LogP contribution in [0.15, 0.2) is 30.3 Å². The Labute approximate surface area is 160 Å². The SMILES string of the molecule is CCCCCCCCOCCCCCCCC.O=[N+]([O-])c1ccccc1. The number of para-hydroxylation sites is 1. The normalized spacial score (nSPS) is 10.2. The van der Waals surface area contributed by atoms with E-state index in [2.05, 4.69) is 13.8 Å². The lowest BCUT2D eigenvalue weighted by Gasteiger charge is -2.04. The van der Waals surface area contributed by atoms with Crippen molar-refractivity contribution in [3.63, 3.8) is 0 Å². The number of rotatable bonds is 15. The van der Waals surface area contributed by atoms with Crippen LogP contribution in [0.1, 0.15) is 90.9 Å². The van der Waals surface area contributed by atoms with E-state index in [0.717, 1.165) is 13.2 Å². The van der Waals surface area contributed by atoms with Gasteiger partial charge in [-0.25, -0.2) is 0 Å². The highest BCUT2D eigenvalue weighted by atomic mass is 16.6. The fraction of sp³-hybridized carbons (Fsp3) is 0.727. The standard InChI is InChI=1S/C16H34O.C6H5NO2/c1-3-5-7-9-11-13-15-17-16-14-12-10-8-6-4-2;8-7(9)6-4-2-1-3-5-6/h3-16H2,1-2H3;1-5H. The molecule has 0 saturated carbocycles. The van der Waals surface area contributed by atoms with Crippen molar-refractivity contribution >= 4 is 5.69 Å². The quantitative estimate of drug-likeness (QED) is 0.186. The third-order valence-corrected chi connectivity index (χ3v) is 4.25. The fourth-order valence-electron chi connectivity index (χ4n) is 2.62. The second kappa shape index (κ2) is 19.9. The van der Waals surface area contributed by atoms with Crippen LogP contribution < -0.4 is 0 Å². The van der Waals surface area contributed by atoms with Gasteiger partial charge in [-0.05, 0) is 12.8 Å². The highest BCUT2D eigenvalue weighted by Crippen LogP contribution is 2.07. The number of hydrogen-bond acceptors (Lipinski definition) is 3. The van der Waals surface area contributed by atoms with Crippen LogP contribution in [0.2, 0.25) is 0 Å². The third-order valence-electron chi connectivity index (χ3n) is 4.25. The van der Waals surface area contributed by atoms with Gasteiger partial charge in [-0.1, -0.05) is 96.3 Å². The highest BCUT2D eigenvalue weighted by Gasteiger charge is 1.98. The summed E-state index contributed by atoms with van der Waals surface area (Å²) < 4.78 is 5.65. The molecule has 0 amide bonds. The summed E-state index contributed by atoms with van der Waals surface area (Å²) in [6.45, 7) is 6.51. The Hall–Kier alpha value is -1.42. The van der Waals surface area contributed by atoms with E-state index in [9.17, 15) is 10.1 Å². The minimum Gasteiger partial charge on any atom is -0.381 e. The largest absolute Gasteiger partial charge is 0.381 e. The van der Waals surface area contributed by atoms with Gasteiger partial charge in [-0.15, -0.1) is 0 Å². The van der Waals surface area contributed by atoms with Gasteiger partial charge >= 0.3 is 0 Å². The number of hydrogen-bond donors (Lipinski definition) is 0. The van der Waals surface area contributed by atoms with E-state index < -0.39 is 4.92 Å². The molecule has 1 aromatic carbocycles. The molecule has 0 unspecified atom stereocenters. The first kappa shape index (κ1) is 24.6. The van der Waals surface area contributed by atoms with E-state index in [-0.39, 0.29) is 5.69 Å². The summed E-state index contributed by atoms with van der Waals surface area (Å²) in [7, 11) is 0. The van der Waals surface area contributed by atoms with Gasteiger partial charge in [-0.3, -0.25) is 10.1 Å². The molecular weight excluding hydrogens is 326 g/mol. The van der Waals surface area contributed by atoms with E-state index in [1.165, 1.54) is 89.2 Å². The maximum Gasteiger partial charge on any atom is 0.269 e. The van der Waals surface area contributed by atoms with Crippen molar-refractivity contribution in [2.24, 2.45) is 0 Å². The first-order valence-electron chi connectivity index (χ1n) is 10.5. The maximum atomic E-state index is 10.0. The van der Waals surface area contributed by atoms with Gasteiger partial charge in [0.2, 0.25) is 0 Å². The molecule has 1 rings (SSSR count). The van der Waals surface area contributed by atoms with E-state index in [0.29, 0.717) is 0 Å². The van der Waals surface area contributed by atoms with Gasteiger partial charge in [0.05, 0.1) is 4.92 Å². The Kier molecular flexibility index (Phi) is 18.8. The van der Waals surface area contributed by atoms with Gasteiger partial charge in [0.15, 0.2) is 0 Å². The molecule has 0 aliphatic heterocycles. The van der Waals surface area contributed by atoms with Crippen LogP contribution in [0.5, 0.6) is 0 Å². The lowest BCUT2D eigenvalue weighted by Crippen LogP contribution is -1.97. The van der Waals surface area contributed by atoms with E-state index in [4.69, 9.17) is 4.74 Å². The lowest BCUT2D eigenvalue weighted by atomic mass is 10.1. The topological polar surface area (TPSA) is 52.4 Å². The van der Waals surface area contributed by atoms with Crippen molar-refractivity contribution in [2.45, 2.75) is 90.9 Å². The second-order valence-electron chi connectivity index (χ2n) is 6.74. The minimum absolute atomic E-state index is 0.137. The molecule has 0 aromatic heterocycles. The molecule has 0 radical (unpaired) electrons. The van der Waals surface area contributed by atoms with E-state index >= 15 is 0 Å². The van der Waals surface area contributed by atoms with Crippen LogP contribution in [0.4, 0.5) is 5.69 Å². The van der Waals surface area contributed by atoms with Crippen molar-refractivity contribution in [3.05, 3.63) is 40.4 Å². The molecule has 4 nitrogen and oxygen atoms in total. The Morgan fingerprint density at radius 3 is 1.54 bits per heavy atom. The molecule has 0 aliphatic rings. The molecular formula is C22H39NO3. The molecule has 0 bridgehead atoms. The lowest BCUT2D eigenvalue weighted by molar-refractivity contribution is -0.384. The molecule has 4 heteroatoms. The molecule has 0 heterocycles. The van der Waals surface area contributed by atoms with Crippen LogP contribution in [-0.4, -0.2) is 18.1 Å². The first-order chi connectivity index (χ1) is 12.7. The molecule has 0 spiro atoms. The molecule has 0 saturated heterocycles. The average Bonchev–Trinajstić information content (AvgIpc) is 2.67. The average molecular weight is 366 g/mol. The molecule has 0 atom stereocenters. The maximum absolute atomic E-state index is 10.0. The van der Waals surface area contributed by atoms with Gasteiger partial charge in [0, 0.05) is 25.3 Å². The summed E-state index contributed by atoms with van der Waals surface area (Å²) >= 11 is 0. The zero-order chi connectivity index (χ0) is 19.3. The van der Waals surface area contributed by atoms with Crippen molar-refractivity contribution in [2.75, 3.05) is 13.2 Å². The fourth-order valence-corrected chi connectivity index (χ4v) is 2.62. The van der Waals surface area contributed by atoms with Gasteiger partial charge in [-0.2, -0.15) is 0 Å². The van der Waals surface area contributed by atoms with Crippen molar-refractivity contribution in [1.82, 2.24) is 0 Å². The van der Waals surface area contributed by atoms with Crippen molar-refractivity contribution < 1.29 is 9.66 Å². The highest BCUT2D eigenvalue weighted by molar-refractivity contribution is 5.27. The zero-order valence-electron chi connectivity index (χ0n) is 17.0. The molecule has 0 aliphatic carbocycles. The van der Waals surface area contributed by atoms with Crippen LogP contribution in [-0.2, 0) is 4.74 Å². The smallest absolute Gasteiger partial charge is 0.269 e. The Balaban J connectivity index is 0.000000577. The van der Waals surface area contributed by atoms with Crippen molar-refractivity contribution in [1.29, 1.82) is 0 Å². The van der Waals surface area contributed by atoms with Crippen LogP contribution in [0.25, 0.3) is 0 Å². The minimum atomic E-state index is -0.417. The summed E-state index contributed by atoms with van der Waals surface area (Å²) in [5.41, 5.74) is 0.137. The second-order valence-corrected chi connectivity index (χ2v) is 6.74. The van der Waals surface area contributed by atoms with Crippen LogP contribution in [0.3, 0.4) is 0 Å². The molecule has 0 fully saturated rings. The van der Waals surface area contributed by atoms with Crippen LogP contribution in [0, 0.1) is 10.1 Å². The molecule has 0 N–H and O–H groups in total. The summed E-state index contributed by atoms with van der Waals surface area (Å²) in [6.07, 6.45) is 16.3. The third kappa shape index (κ3) is 17.4. The summed E-state index contributed by atoms with van der Waals surface area (Å²) in [5, 5.41) is 10.0. The number of ether oxygens (including phenoxy) is 1. The summed E-state index contributed by atoms with van der Waals surface area (Å²) in [5.74, 6) is 0. The zero-order valence-corrected chi connectivity index (χ0v) is 17.0. The monoisotopic (exact) mass is 365 g/mol. The molecule has 26 heavy (non-hydrogen) atoms. The van der Waals surface area contributed by atoms with E-state index in [1.54, 1.807) is 18.2 Å². The number of unbranched alkanes of at least 4 members (excludes halogenated alkanes) is 10. The first-order valence-corrected chi connectivity index (χ1v) is 10.5. The number of nitro benzene ring substituents is 1. The Morgan fingerprint density at radius 2 is 1.15 bits per heavy atom. The predicted molar refractivity (Wildman–Crippen MR) is 111 cm³/mol. The number of non-ortho nitro benzene ring substituents is 1. The van der Waals surface area contributed by atoms with E-state index in [1.807, 2.05) is 0 Å².